The number of aromatic nitrogens is 1. The van der Waals surface area contributed by atoms with E-state index in [1.54, 1.807) is 29.5 Å². The Labute approximate surface area is 195 Å². The summed E-state index contributed by atoms with van der Waals surface area (Å²) in [6.07, 6.45) is 7.54. The number of thiazole rings is 1. The normalized spacial score (nSPS) is 15.3. The fourth-order valence-electron chi connectivity index (χ4n) is 4.19. The molecule has 0 spiro atoms. The average Bonchev–Trinajstić information content (AvgIpc) is 2.94. The maximum absolute atomic E-state index is 13.1. The zero-order valence-corrected chi connectivity index (χ0v) is 20.6. The second-order valence-corrected chi connectivity index (χ2v) is 11.4. The highest BCUT2D eigenvalue weighted by Gasteiger charge is 2.20. The summed E-state index contributed by atoms with van der Waals surface area (Å²) in [6, 6.07) is 13.4. The summed E-state index contributed by atoms with van der Waals surface area (Å²) in [5, 5.41) is 4.55. The van der Waals surface area contributed by atoms with E-state index in [9.17, 15) is 8.42 Å². The van der Waals surface area contributed by atoms with Crippen molar-refractivity contribution in [2.75, 3.05) is 10.0 Å². The van der Waals surface area contributed by atoms with Crippen LogP contribution in [0.25, 0.3) is 10.4 Å². The van der Waals surface area contributed by atoms with Gasteiger partial charge in [-0.1, -0.05) is 66.8 Å². The van der Waals surface area contributed by atoms with Gasteiger partial charge in [0.2, 0.25) is 0 Å². The number of hydrogen-bond acceptors (Lipinski definition) is 5. The molecule has 0 atom stereocenters. The molecule has 5 nitrogen and oxygen atoms in total. The van der Waals surface area contributed by atoms with Gasteiger partial charge < -0.3 is 5.32 Å². The van der Waals surface area contributed by atoms with Crippen molar-refractivity contribution in [3.05, 3.63) is 59.3 Å². The fourth-order valence-corrected chi connectivity index (χ4v) is 6.56. The molecule has 0 aliphatic heterocycles. The van der Waals surface area contributed by atoms with Gasteiger partial charge in [-0.2, -0.15) is 0 Å². The van der Waals surface area contributed by atoms with Gasteiger partial charge in [0.25, 0.3) is 10.0 Å². The summed E-state index contributed by atoms with van der Waals surface area (Å²) in [5.74, 6) is 0. The molecule has 1 aliphatic rings. The van der Waals surface area contributed by atoms with Crippen molar-refractivity contribution in [1.82, 2.24) is 4.98 Å². The van der Waals surface area contributed by atoms with Crippen LogP contribution in [0.5, 0.6) is 0 Å². The number of nitrogens with one attached hydrogen (secondary N) is 2. The SMILES string of the molecule is Cc1ccc(NS(=O)(=O)c2cc(-c3sc(NC4CCCCCC4)nc3C)ccc2C)cc1. The van der Waals surface area contributed by atoms with Crippen molar-refractivity contribution in [2.24, 2.45) is 0 Å². The van der Waals surface area contributed by atoms with Gasteiger partial charge in [0.05, 0.1) is 15.5 Å². The van der Waals surface area contributed by atoms with Crippen LogP contribution in [0.1, 0.15) is 55.3 Å². The number of nitrogens with zero attached hydrogens (tertiary/aromatic N) is 1. The van der Waals surface area contributed by atoms with Crippen LogP contribution >= 0.6 is 11.3 Å². The Hall–Kier alpha value is -2.38. The number of rotatable bonds is 6. The van der Waals surface area contributed by atoms with Crippen molar-refractivity contribution in [3.8, 4) is 10.4 Å². The van der Waals surface area contributed by atoms with E-state index in [1.807, 2.05) is 45.0 Å². The van der Waals surface area contributed by atoms with Gasteiger partial charge in [0, 0.05) is 11.7 Å². The van der Waals surface area contributed by atoms with Gasteiger partial charge in [0.1, 0.15) is 0 Å². The van der Waals surface area contributed by atoms with Crippen LogP contribution in [0.15, 0.2) is 47.4 Å². The van der Waals surface area contributed by atoms with Crippen LogP contribution < -0.4 is 10.0 Å². The molecule has 1 aromatic heterocycles. The van der Waals surface area contributed by atoms with Crippen LogP contribution in [0.2, 0.25) is 0 Å². The maximum atomic E-state index is 13.1. The first kappa shape index (κ1) is 22.8. The topological polar surface area (TPSA) is 71.1 Å². The molecular weight excluding hydrogens is 438 g/mol. The van der Waals surface area contributed by atoms with Gasteiger partial charge in [-0.05, 0) is 62.9 Å². The lowest BCUT2D eigenvalue weighted by molar-refractivity contribution is 0.600. The van der Waals surface area contributed by atoms with Crippen molar-refractivity contribution < 1.29 is 8.42 Å². The van der Waals surface area contributed by atoms with Crippen LogP contribution in [-0.2, 0) is 10.0 Å². The van der Waals surface area contributed by atoms with E-state index >= 15 is 0 Å². The van der Waals surface area contributed by atoms with Crippen molar-refractivity contribution in [1.29, 1.82) is 0 Å². The Morgan fingerprint density at radius 3 is 2.31 bits per heavy atom. The first-order valence-electron chi connectivity index (χ1n) is 11.3. The minimum absolute atomic E-state index is 0.293. The molecule has 1 aliphatic carbocycles. The summed E-state index contributed by atoms with van der Waals surface area (Å²) >= 11 is 1.61. The predicted octanol–water partition coefficient (Wildman–Crippen LogP) is 6.67. The zero-order chi connectivity index (χ0) is 22.7. The molecule has 170 valence electrons. The van der Waals surface area contributed by atoms with Gasteiger partial charge >= 0.3 is 0 Å². The molecule has 3 aromatic rings. The second-order valence-electron chi connectivity index (χ2n) is 8.72. The van der Waals surface area contributed by atoms with Crippen molar-refractivity contribution in [3.63, 3.8) is 0 Å². The average molecular weight is 470 g/mol. The molecule has 1 fully saturated rings. The van der Waals surface area contributed by atoms with E-state index < -0.39 is 10.0 Å². The number of benzene rings is 2. The number of aryl methyl sites for hydroxylation is 3. The molecule has 2 aromatic carbocycles. The highest BCUT2D eigenvalue weighted by atomic mass is 32.2. The number of anilines is 2. The molecule has 0 unspecified atom stereocenters. The lowest BCUT2D eigenvalue weighted by atomic mass is 10.1. The molecule has 0 amide bonds. The van der Waals surface area contributed by atoms with E-state index in [4.69, 9.17) is 4.98 Å². The van der Waals surface area contributed by atoms with Gasteiger partial charge in [-0.25, -0.2) is 13.4 Å². The summed E-state index contributed by atoms with van der Waals surface area (Å²) in [6.45, 7) is 5.79. The first-order valence-corrected chi connectivity index (χ1v) is 13.6. The predicted molar refractivity (Wildman–Crippen MR) is 134 cm³/mol. The van der Waals surface area contributed by atoms with E-state index in [-0.39, 0.29) is 0 Å². The minimum atomic E-state index is -3.70. The number of sulfonamides is 1. The lowest BCUT2D eigenvalue weighted by Crippen LogP contribution is -2.17. The van der Waals surface area contributed by atoms with Crippen molar-refractivity contribution in [2.45, 2.75) is 70.2 Å². The molecular formula is C25H31N3O2S2. The van der Waals surface area contributed by atoms with E-state index in [0.29, 0.717) is 22.2 Å². The first-order chi connectivity index (χ1) is 15.3. The highest BCUT2D eigenvalue weighted by molar-refractivity contribution is 7.92. The summed E-state index contributed by atoms with van der Waals surface area (Å²) in [4.78, 5) is 6.04. The Balaban J connectivity index is 1.59. The Morgan fingerprint density at radius 1 is 0.938 bits per heavy atom. The third kappa shape index (κ3) is 5.33. The third-order valence-electron chi connectivity index (χ3n) is 6.02. The van der Waals surface area contributed by atoms with E-state index in [1.165, 1.54) is 38.5 Å². The maximum Gasteiger partial charge on any atom is 0.262 e. The van der Waals surface area contributed by atoms with E-state index in [0.717, 1.165) is 26.8 Å². The molecule has 0 radical (unpaired) electrons. The lowest BCUT2D eigenvalue weighted by Gasteiger charge is -2.14. The van der Waals surface area contributed by atoms with Crippen LogP contribution in [0, 0.1) is 20.8 Å². The summed E-state index contributed by atoms with van der Waals surface area (Å²) in [7, 11) is -3.70. The molecule has 7 heteroatoms. The molecule has 0 bridgehead atoms. The largest absolute Gasteiger partial charge is 0.359 e. The fraction of sp³-hybridized carbons (Fsp3) is 0.400. The van der Waals surface area contributed by atoms with Crippen molar-refractivity contribution >= 4 is 32.2 Å². The summed E-state index contributed by atoms with van der Waals surface area (Å²) in [5.41, 5.74) is 4.16. The minimum Gasteiger partial charge on any atom is -0.359 e. The Bertz CT molecular complexity index is 1180. The van der Waals surface area contributed by atoms with Gasteiger partial charge in [-0.15, -0.1) is 0 Å². The molecule has 4 rings (SSSR count). The zero-order valence-electron chi connectivity index (χ0n) is 18.9. The molecule has 2 N–H and O–H groups in total. The second kappa shape index (κ2) is 9.63. The van der Waals surface area contributed by atoms with Gasteiger partial charge in [0.15, 0.2) is 5.13 Å². The molecule has 0 saturated heterocycles. The van der Waals surface area contributed by atoms with Crippen LogP contribution in [0.3, 0.4) is 0 Å². The Morgan fingerprint density at radius 2 is 1.62 bits per heavy atom. The number of hydrogen-bond donors (Lipinski definition) is 2. The molecule has 1 saturated carbocycles. The van der Waals surface area contributed by atoms with Gasteiger partial charge in [-0.3, -0.25) is 4.72 Å². The monoisotopic (exact) mass is 469 g/mol. The van der Waals surface area contributed by atoms with E-state index in [2.05, 4.69) is 10.0 Å². The Kier molecular flexibility index (Phi) is 6.86. The molecule has 1 heterocycles. The molecule has 32 heavy (non-hydrogen) atoms. The van der Waals surface area contributed by atoms with Crippen LogP contribution in [0.4, 0.5) is 10.8 Å². The smallest absolute Gasteiger partial charge is 0.262 e. The third-order valence-corrected chi connectivity index (χ3v) is 8.68. The quantitative estimate of drug-likeness (QED) is 0.396. The standard InChI is InChI=1S/C25H31N3O2S2/c1-17-10-14-22(15-11-17)28-32(29,30)23-16-20(13-12-18(23)2)24-19(3)26-25(31-24)27-21-8-6-4-5-7-9-21/h10-16,21,28H,4-9H2,1-3H3,(H,26,27). The summed E-state index contributed by atoms with van der Waals surface area (Å²) < 4.78 is 29.0. The van der Waals surface area contributed by atoms with Crippen LogP contribution in [-0.4, -0.2) is 19.4 Å². The highest BCUT2D eigenvalue weighted by Crippen LogP contribution is 2.36.